The number of fused-ring (bicyclic) bond motifs is 14. The number of methoxy groups -OCH3 is 4. The van der Waals surface area contributed by atoms with Crippen LogP contribution in [0.25, 0.3) is 22.3 Å². The van der Waals surface area contributed by atoms with Crippen molar-refractivity contribution < 1.29 is 47.6 Å². The number of nitrogens with zero attached hydrogens (tertiary/aromatic N) is 2. The number of hydrogen-bond acceptors (Lipinski definition) is 14. The predicted octanol–water partition coefficient (Wildman–Crippen LogP) is 10.6. The van der Waals surface area contributed by atoms with E-state index in [1.807, 2.05) is 158 Å². The average molecular weight is 1020 g/mol. The molecule has 2 aliphatic carbocycles. The zero-order valence-corrected chi connectivity index (χ0v) is 41.9. The van der Waals surface area contributed by atoms with Crippen molar-refractivity contribution in [3.05, 3.63) is 239 Å². The first-order valence-corrected chi connectivity index (χ1v) is 25.8. The minimum atomic E-state index is -1.11. The van der Waals surface area contributed by atoms with Crippen LogP contribution in [0.15, 0.2) is 226 Å². The fourth-order valence-electron chi connectivity index (χ4n) is 11.8. The third-order valence-corrected chi connectivity index (χ3v) is 17.0. The zero-order valence-electron chi connectivity index (χ0n) is 40.3. The zero-order chi connectivity index (χ0) is 50.9. The maximum absolute atomic E-state index is 14.0. The first-order chi connectivity index (χ1) is 36.2. The number of allylic oxidation sites excluding steroid dienone is 2. The Morgan fingerprint density at radius 2 is 0.730 bits per heavy atom. The molecule has 14 heteroatoms. The normalized spacial score (nSPS) is 18.4. The maximum atomic E-state index is 14.0. The summed E-state index contributed by atoms with van der Waals surface area (Å²) in [5.74, 6) is -0.231. The van der Waals surface area contributed by atoms with E-state index in [4.69, 9.17) is 28.4 Å². The van der Waals surface area contributed by atoms with Gasteiger partial charge in [-0.2, -0.15) is 0 Å². The van der Waals surface area contributed by atoms with Crippen LogP contribution in [0.3, 0.4) is 0 Å². The first kappa shape index (κ1) is 46.6. The second-order valence-corrected chi connectivity index (χ2v) is 20.3. The largest absolute Gasteiger partial charge is 0.466 e. The van der Waals surface area contributed by atoms with Gasteiger partial charge in [0.25, 0.3) is 0 Å². The molecule has 2 spiro atoms. The molecule has 6 aromatic rings. The summed E-state index contributed by atoms with van der Waals surface area (Å²) in [6, 6.07) is 46.2. The van der Waals surface area contributed by atoms with E-state index in [1.165, 1.54) is 28.4 Å². The number of hydrogen-bond donors (Lipinski definition) is 0. The lowest BCUT2D eigenvalue weighted by atomic mass is 9.68. The molecule has 0 saturated carbocycles. The van der Waals surface area contributed by atoms with Gasteiger partial charge in [-0.05, 0) is 117 Å². The molecule has 0 amide bonds. The Morgan fingerprint density at radius 1 is 0.419 bits per heavy atom. The topological polar surface area (TPSA) is 130 Å². The molecule has 74 heavy (non-hydrogen) atoms. The average Bonchev–Trinajstić information content (AvgIpc) is 4.13. The molecule has 0 saturated heterocycles. The molecule has 4 heterocycles. The molecule has 4 aliphatic heterocycles. The highest BCUT2D eigenvalue weighted by atomic mass is 33.1. The Kier molecular flexibility index (Phi) is 11.5. The van der Waals surface area contributed by atoms with Gasteiger partial charge in [-0.3, -0.25) is 0 Å². The maximum Gasteiger partial charge on any atom is 0.355 e. The van der Waals surface area contributed by atoms with Crippen LogP contribution in [0.2, 0.25) is 0 Å². The van der Waals surface area contributed by atoms with Gasteiger partial charge in [-0.15, -0.1) is 0 Å². The van der Waals surface area contributed by atoms with E-state index in [0.717, 1.165) is 54.3 Å². The second kappa shape index (κ2) is 18.2. The molecule has 0 N–H and O–H groups in total. The second-order valence-electron chi connectivity index (χ2n) is 18.0. The lowest BCUT2D eigenvalue weighted by Gasteiger charge is -2.38. The minimum absolute atomic E-state index is 0.115. The van der Waals surface area contributed by atoms with Gasteiger partial charge >= 0.3 is 23.9 Å². The van der Waals surface area contributed by atoms with Crippen molar-refractivity contribution in [3.8, 4) is 33.8 Å². The van der Waals surface area contributed by atoms with Gasteiger partial charge in [0, 0.05) is 22.2 Å². The predicted molar refractivity (Wildman–Crippen MR) is 279 cm³/mol. The van der Waals surface area contributed by atoms with Crippen molar-refractivity contribution in [2.45, 2.75) is 32.7 Å². The summed E-state index contributed by atoms with van der Waals surface area (Å²) in [6.45, 7) is 0. The smallest absolute Gasteiger partial charge is 0.355 e. The van der Waals surface area contributed by atoms with Crippen molar-refractivity contribution in [2.24, 2.45) is 0 Å². The van der Waals surface area contributed by atoms with E-state index >= 15 is 0 Å². The van der Waals surface area contributed by atoms with Crippen LogP contribution in [0.1, 0.15) is 22.3 Å². The standard InChI is InChI=1S/C60H44N2O10S2/c1-67-55(63)51-53(57(65)69-3)61-31-29-37(33-49(61)59(51)45-17-9-5-13-41(45)42-14-6-10-18-46(42)59)71-35-21-25-39(26-22-35)73-74-40-27-23-36(24-28-40)72-38-30-32-62-50(34-38)60(52(56(64)68-2)54(62)58(66)70-4)47-19-11-7-15-43(47)44-16-8-12-20-48(44)60/h5-34,49-50H,1-4H3. The minimum Gasteiger partial charge on any atom is -0.466 e. The van der Waals surface area contributed by atoms with Crippen LogP contribution in [0.4, 0.5) is 0 Å². The van der Waals surface area contributed by atoms with Crippen LogP contribution in [-0.2, 0) is 49.0 Å². The SMILES string of the molecule is COC(=O)C1=C(C(=O)OC)C2(c3ccccc3-c3ccccc32)C2C=C(Oc3ccc(SSc4ccc(OC5=CC6N(C=C5)C(C(=O)OC)=C(C(=O)OC)C65c6ccccc6-c6ccccc65)cc4)cc3)C=CN12. The third kappa shape index (κ3) is 6.85. The Hall–Kier alpha value is -8.46. The van der Waals surface area contributed by atoms with Gasteiger partial charge in [0.05, 0.1) is 62.5 Å². The Labute approximate surface area is 434 Å². The van der Waals surface area contributed by atoms with E-state index in [-0.39, 0.29) is 22.5 Å². The van der Waals surface area contributed by atoms with Crippen LogP contribution >= 0.6 is 21.6 Å². The molecule has 0 bridgehead atoms. The van der Waals surface area contributed by atoms with Gasteiger partial charge in [-0.1, -0.05) is 119 Å². The van der Waals surface area contributed by atoms with Crippen LogP contribution in [-0.4, -0.2) is 74.2 Å². The first-order valence-electron chi connectivity index (χ1n) is 23.7. The van der Waals surface area contributed by atoms with Crippen LogP contribution in [0, 0.1) is 0 Å². The van der Waals surface area contributed by atoms with Gasteiger partial charge in [0.1, 0.15) is 34.4 Å². The number of ether oxygens (including phenoxy) is 6. The van der Waals surface area contributed by atoms with Crippen molar-refractivity contribution in [1.29, 1.82) is 0 Å². The van der Waals surface area contributed by atoms with Crippen molar-refractivity contribution in [2.75, 3.05) is 28.4 Å². The van der Waals surface area contributed by atoms with Crippen LogP contribution < -0.4 is 9.47 Å². The Bertz CT molecular complexity index is 3250. The number of rotatable bonds is 11. The molecule has 366 valence electrons. The molecule has 0 aromatic heterocycles. The number of carbonyl (C=O) groups is 4. The number of benzene rings is 6. The third-order valence-electron chi connectivity index (χ3n) is 14.6. The van der Waals surface area contributed by atoms with Crippen molar-refractivity contribution in [1.82, 2.24) is 9.80 Å². The van der Waals surface area contributed by atoms with Gasteiger partial charge in [0.15, 0.2) is 0 Å². The van der Waals surface area contributed by atoms with Crippen molar-refractivity contribution >= 4 is 45.5 Å². The highest BCUT2D eigenvalue weighted by Crippen LogP contribution is 2.63. The van der Waals surface area contributed by atoms with Crippen LogP contribution in [0.5, 0.6) is 11.5 Å². The molecular weight excluding hydrogens is 973 g/mol. The van der Waals surface area contributed by atoms with E-state index in [9.17, 15) is 19.2 Å². The monoisotopic (exact) mass is 1020 g/mol. The summed E-state index contributed by atoms with van der Waals surface area (Å²) in [7, 11) is 8.44. The molecule has 0 fully saturated rings. The lowest BCUT2D eigenvalue weighted by molar-refractivity contribution is -0.140. The summed E-state index contributed by atoms with van der Waals surface area (Å²) >= 11 is 0. The lowest BCUT2D eigenvalue weighted by Crippen LogP contribution is -2.44. The van der Waals surface area contributed by atoms with Gasteiger partial charge in [-0.25, -0.2) is 19.2 Å². The summed E-state index contributed by atoms with van der Waals surface area (Å²) in [6.07, 6.45) is 11.0. The van der Waals surface area contributed by atoms with Crippen molar-refractivity contribution in [3.63, 3.8) is 0 Å². The molecule has 2 atom stereocenters. The fraction of sp³-hybridized carbons (Fsp3) is 0.133. The summed E-state index contributed by atoms with van der Waals surface area (Å²) < 4.78 is 34.5. The molecule has 12 rings (SSSR count). The molecule has 6 aliphatic rings. The molecule has 12 nitrogen and oxygen atoms in total. The van der Waals surface area contributed by atoms with Gasteiger partial charge in [0.2, 0.25) is 0 Å². The van der Waals surface area contributed by atoms with Gasteiger partial charge < -0.3 is 38.2 Å². The van der Waals surface area contributed by atoms with E-state index < -0.39 is 46.8 Å². The summed E-state index contributed by atoms with van der Waals surface area (Å²) in [5, 5.41) is 0. The quantitative estimate of drug-likeness (QED) is 0.0693. The van der Waals surface area contributed by atoms with E-state index in [1.54, 1.807) is 55.9 Å². The highest BCUT2D eigenvalue weighted by Gasteiger charge is 2.64. The highest BCUT2D eigenvalue weighted by molar-refractivity contribution is 8.76. The summed E-state index contributed by atoms with van der Waals surface area (Å²) in [5.41, 5.74) is 5.80. The number of esters is 4. The molecular formula is C60H44N2O10S2. The Morgan fingerprint density at radius 3 is 1.04 bits per heavy atom. The Balaban J connectivity index is 0.764. The van der Waals surface area contributed by atoms with E-state index in [0.29, 0.717) is 23.0 Å². The number of carbonyl (C=O) groups excluding carboxylic acids is 4. The fourth-order valence-corrected chi connectivity index (χ4v) is 13.7. The van der Waals surface area contributed by atoms with E-state index in [2.05, 4.69) is 0 Å². The molecule has 6 aromatic carbocycles. The molecule has 0 radical (unpaired) electrons. The summed E-state index contributed by atoms with van der Waals surface area (Å²) in [4.78, 5) is 60.8. The molecule has 2 unspecified atom stereocenters.